The average Bonchev–Trinajstić information content (AvgIpc) is 2.97. The molecule has 2 aromatic rings. The molecule has 3 rings (SSSR count). The lowest BCUT2D eigenvalue weighted by atomic mass is 10.1. The SMILES string of the molecule is O=C(CCCl)Nc1ccc(Oc2ccc3c(c2)CCC3)cc1. The Morgan fingerprint density at radius 3 is 2.55 bits per heavy atom. The van der Waals surface area contributed by atoms with Gasteiger partial charge in [0.05, 0.1) is 0 Å². The smallest absolute Gasteiger partial charge is 0.225 e. The maximum absolute atomic E-state index is 11.5. The normalized spacial score (nSPS) is 12.8. The monoisotopic (exact) mass is 315 g/mol. The van der Waals surface area contributed by atoms with E-state index in [1.807, 2.05) is 30.3 Å². The van der Waals surface area contributed by atoms with Gasteiger partial charge in [-0.05, 0) is 66.8 Å². The van der Waals surface area contributed by atoms with E-state index in [0.717, 1.165) is 23.6 Å². The van der Waals surface area contributed by atoms with Crippen LogP contribution in [0.5, 0.6) is 11.5 Å². The second kappa shape index (κ2) is 6.84. The molecule has 0 fully saturated rings. The van der Waals surface area contributed by atoms with E-state index in [-0.39, 0.29) is 5.91 Å². The first-order chi connectivity index (χ1) is 10.7. The van der Waals surface area contributed by atoms with Crippen LogP contribution in [0.25, 0.3) is 0 Å². The summed E-state index contributed by atoms with van der Waals surface area (Å²) in [5.74, 6) is 1.86. The highest BCUT2D eigenvalue weighted by atomic mass is 35.5. The number of hydrogen-bond acceptors (Lipinski definition) is 2. The fraction of sp³-hybridized carbons (Fsp3) is 0.278. The minimum absolute atomic E-state index is 0.0812. The van der Waals surface area contributed by atoms with Gasteiger partial charge in [-0.1, -0.05) is 6.07 Å². The summed E-state index contributed by atoms with van der Waals surface area (Å²) in [5.41, 5.74) is 3.57. The van der Waals surface area contributed by atoms with Gasteiger partial charge in [-0.2, -0.15) is 0 Å². The molecule has 22 heavy (non-hydrogen) atoms. The molecule has 0 radical (unpaired) electrons. The van der Waals surface area contributed by atoms with E-state index in [4.69, 9.17) is 16.3 Å². The summed E-state index contributed by atoms with van der Waals surface area (Å²) in [6.07, 6.45) is 3.86. The summed E-state index contributed by atoms with van der Waals surface area (Å²) >= 11 is 5.54. The fourth-order valence-electron chi connectivity index (χ4n) is 2.66. The number of amides is 1. The van der Waals surface area contributed by atoms with Crippen LogP contribution in [0.1, 0.15) is 24.0 Å². The van der Waals surface area contributed by atoms with Crippen LogP contribution in [-0.4, -0.2) is 11.8 Å². The van der Waals surface area contributed by atoms with Crippen LogP contribution in [0.4, 0.5) is 5.69 Å². The second-order valence-corrected chi connectivity index (χ2v) is 5.78. The minimum atomic E-state index is -0.0812. The number of rotatable bonds is 5. The van der Waals surface area contributed by atoms with Gasteiger partial charge >= 0.3 is 0 Å². The van der Waals surface area contributed by atoms with Gasteiger partial charge in [-0.3, -0.25) is 4.79 Å². The van der Waals surface area contributed by atoms with Crippen LogP contribution in [0.15, 0.2) is 42.5 Å². The van der Waals surface area contributed by atoms with Crippen molar-refractivity contribution in [2.75, 3.05) is 11.2 Å². The number of carbonyl (C=O) groups excluding carboxylic acids is 1. The van der Waals surface area contributed by atoms with Crippen molar-refractivity contribution in [1.82, 2.24) is 0 Å². The fourth-order valence-corrected chi connectivity index (χ4v) is 2.84. The highest BCUT2D eigenvalue weighted by Gasteiger charge is 2.11. The third-order valence-corrected chi connectivity index (χ3v) is 3.95. The van der Waals surface area contributed by atoms with Crippen molar-refractivity contribution < 1.29 is 9.53 Å². The summed E-state index contributed by atoms with van der Waals surface area (Å²) in [6, 6.07) is 13.6. The molecule has 4 heteroatoms. The molecule has 1 aliphatic carbocycles. The van der Waals surface area contributed by atoms with Gasteiger partial charge in [-0.25, -0.2) is 0 Å². The molecule has 0 spiro atoms. The largest absolute Gasteiger partial charge is 0.457 e. The number of ether oxygens (including phenoxy) is 1. The highest BCUT2D eigenvalue weighted by Crippen LogP contribution is 2.29. The molecule has 3 nitrogen and oxygen atoms in total. The number of alkyl halides is 1. The summed E-state index contributed by atoms with van der Waals surface area (Å²) in [4.78, 5) is 11.5. The number of carbonyl (C=O) groups is 1. The standard InChI is InChI=1S/C18H18ClNO2/c19-11-10-18(21)20-15-5-8-16(9-6-15)22-17-7-4-13-2-1-3-14(13)12-17/h4-9,12H,1-3,10-11H2,(H,20,21). The lowest BCUT2D eigenvalue weighted by Gasteiger charge is -2.09. The molecule has 0 saturated carbocycles. The van der Waals surface area contributed by atoms with Gasteiger partial charge in [0.1, 0.15) is 11.5 Å². The lowest BCUT2D eigenvalue weighted by Crippen LogP contribution is -2.11. The van der Waals surface area contributed by atoms with Crippen molar-refractivity contribution in [2.24, 2.45) is 0 Å². The van der Waals surface area contributed by atoms with Crippen LogP contribution >= 0.6 is 11.6 Å². The number of halogens is 1. The molecule has 114 valence electrons. The first-order valence-corrected chi connectivity index (χ1v) is 8.03. The molecular formula is C18H18ClNO2. The predicted octanol–water partition coefficient (Wildman–Crippen LogP) is 4.54. The van der Waals surface area contributed by atoms with Crippen LogP contribution in [-0.2, 0) is 17.6 Å². The molecule has 0 bridgehead atoms. The molecule has 1 amide bonds. The Kier molecular flexibility index (Phi) is 4.64. The molecule has 2 aromatic carbocycles. The van der Waals surface area contributed by atoms with Gasteiger partial charge in [0, 0.05) is 18.0 Å². The number of hydrogen-bond donors (Lipinski definition) is 1. The van der Waals surface area contributed by atoms with Crippen molar-refractivity contribution in [3.63, 3.8) is 0 Å². The van der Waals surface area contributed by atoms with Gasteiger partial charge in [0.25, 0.3) is 0 Å². The molecule has 1 N–H and O–H groups in total. The molecular weight excluding hydrogens is 298 g/mol. The molecule has 1 aliphatic rings. The first-order valence-electron chi connectivity index (χ1n) is 7.50. The average molecular weight is 316 g/mol. The van der Waals surface area contributed by atoms with E-state index in [0.29, 0.717) is 12.3 Å². The zero-order valence-corrected chi connectivity index (χ0v) is 13.0. The van der Waals surface area contributed by atoms with E-state index < -0.39 is 0 Å². The third kappa shape index (κ3) is 3.60. The first kappa shape index (κ1) is 14.9. The van der Waals surface area contributed by atoms with Gasteiger partial charge in [0.15, 0.2) is 0 Å². The van der Waals surface area contributed by atoms with Crippen LogP contribution in [0.3, 0.4) is 0 Å². The summed E-state index contributed by atoms with van der Waals surface area (Å²) in [6.45, 7) is 0. The molecule has 0 unspecified atom stereocenters. The van der Waals surface area contributed by atoms with E-state index in [1.165, 1.54) is 24.0 Å². The lowest BCUT2D eigenvalue weighted by molar-refractivity contribution is -0.115. The van der Waals surface area contributed by atoms with E-state index in [1.54, 1.807) is 0 Å². The van der Waals surface area contributed by atoms with Crippen LogP contribution in [0, 0.1) is 0 Å². The quantitative estimate of drug-likeness (QED) is 0.823. The van der Waals surface area contributed by atoms with E-state index in [9.17, 15) is 4.79 Å². The molecule has 0 saturated heterocycles. The zero-order chi connectivity index (χ0) is 15.4. The van der Waals surface area contributed by atoms with Gasteiger partial charge in [-0.15, -0.1) is 11.6 Å². The molecule has 0 aromatic heterocycles. The molecule has 0 atom stereocenters. The van der Waals surface area contributed by atoms with Gasteiger partial charge < -0.3 is 10.1 Å². The summed E-state index contributed by atoms with van der Waals surface area (Å²) < 4.78 is 5.88. The Bertz CT molecular complexity index is 667. The third-order valence-electron chi connectivity index (χ3n) is 3.77. The summed E-state index contributed by atoms with van der Waals surface area (Å²) in [7, 11) is 0. The Morgan fingerprint density at radius 1 is 1.05 bits per heavy atom. The predicted molar refractivity (Wildman–Crippen MR) is 88.9 cm³/mol. The number of benzene rings is 2. The van der Waals surface area contributed by atoms with Crippen molar-refractivity contribution in [3.05, 3.63) is 53.6 Å². The molecule has 0 heterocycles. The molecule has 0 aliphatic heterocycles. The van der Waals surface area contributed by atoms with E-state index >= 15 is 0 Å². The van der Waals surface area contributed by atoms with Crippen molar-refractivity contribution in [1.29, 1.82) is 0 Å². The Balaban J connectivity index is 1.64. The Morgan fingerprint density at radius 2 is 1.77 bits per heavy atom. The highest BCUT2D eigenvalue weighted by molar-refractivity contribution is 6.19. The Hall–Kier alpha value is -2.00. The summed E-state index contributed by atoms with van der Waals surface area (Å²) in [5, 5.41) is 2.79. The van der Waals surface area contributed by atoms with Crippen molar-refractivity contribution in [3.8, 4) is 11.5 Å². The zero-order valence-electron chi connectivity index (χ0n) is 12.3. The van der Waals surface area contributed by atoms with Crippen molar-refractivity contribution >= 4 is 23.2 Å². The van der Waals surface area contributed by atoms with E-state index in [2.05, 4.69) is 17.4 Å². The van der Waals surface area contributed by atoms with Crippen molar-refractivity contribution in [2.45, 2.75) is 25.7 Å². The maximum Gasteiger partial charge on any atom is 0.225 e. The van der Waals surface area contributed by atoms with Crippen LogP contribution in [0.2, 0.25) is 0 Å². The topological polar surface area (TPSA) is 38.3 Å². The number of fused-ring (bicyclic) bond motifs is 1. The minimum Gasteiger partial charge on any atom is -0.457 e. The van der Waals surface area contributed by atoms with Crippen LogP contribution < -0.4 is 10.1 Å². The number of nitrogens with one attached hydrogen (secondary N) is 1. The van der Waals surface area contributed by atoms with Gasteiger partial charge in [0.2, 0.25) is 5.91 Å². The number of aryl methyl sites for hydroxylation is 2. The maximum atomic E-state index is 11.5. The number of anilines is 1. The Labute approximate surface area is 135 Å². The second-order valence-electron chi connectivity index (χ2n) is 5.40.